The van der Waals surface area contributed by atoms with E-state index in [0.717, 1.165) is 33.9 Å². The first-order chi connectivity index (χ1) is 20.1. The molecule has 0 saturated carbocycles. The average molecular weight is 545 g/mol. The number of nitrogens with zero attached hydrogens (tertiary/aromatic N) is 6. The van der Waals surface area contributed by atoms with Crippen LogP contribution in [-0.2, 0) is 39.3 Å². The topological polar surface area (TPSA) is 95.3 Å². The molecular weight excluding hydrogens is 512 g/mol. The fourth-order valence-electron chi connectivity index (χ4n) is 4.80. The van der Waals surface area contributed by atoms with Crippen LogP contribution in [0.2, 0.25) is 0 Å². The molecule has 0 aliphatic carbocycles. The Morgan fingerprint density at radius 2 is 0.854 bits per heavy atom. The third-order valence-corrected chi connectivity index (χ3v) is 6.56. The number of pyridine rings is 4. The lowest BCUT2D eigenvalue weighted by molar-refractivity contribution is 0.0696. The summed E-state index contributed by atoms with van der Waals surface area (Å²) in [6, 6.07) is 29.1. The van der Waals surface area contributed by atoms with Crippen LogP contribution in [0.5, 0.6) is 0 Å². The maximum atomic E-state index is 12.2. The third kappa shape index (κ3) is 8.60. The van der Waals surface area contributed by atoms with Gasteiger partial charge in [-0.3, -0.25) is 29.7 Å². The molecule has 5 rings (SSSR count). The average Bonchev–Trinajstić information content (AvgIpc) is 2.99. The highest BCUT2D eigenvalue weighted by Crippen LogP contribution is 2.19. The number of aromatic nitrogens is 4. The molecule has 4 aromatic heterocycles. The van der Waals surface area contributed by atoms with Gasteiger partial charge in [-0.25, -0.2) is 4.79 Å². The summed E-state index contributed by atoms with van der Waals surface area (Å²) in [5.74, 6) is -0.949. The molecule has 5 aromatic rings. The highest BCUT2D eigenvalue weighted by molar-refractivity contribution is 5.88. The Kier molecular flexibility index (Phi) is 9.50. The van der Waals surface area contributed by atoms with Crippen LogP contribution in [0.3, 0.4) is 0 Å². The summed E-state index contributed by atoms with van der Waals surface area (Å²) in [6.07, 6.45) is 7.15. The Balaban J connectivity index is 1.42. The lowest BCUT2D eigenvalue weighted by Gasteiger charge is -2.24. The smallest absolute Gasteiger partial charge is 0.335 e. The zero-order valence-electron chi connectivity index (χ0n) is 22.8. The molecule has 0 atom stereocenters. The van der Waals surface area contributed by atoms with Crippen LogP contribution in [-0.4, -0.2) is 40.8 Å². The van der Waals surface area contributed by atoms with Crippen molar-refractivity contribution in [1.29, 1.82) is 0 Å². The molecule has 0 bridgehead atoms. The predicted octanol–water partition coefficient (Wildman–Crippen LogP) is 5.37. The van der Waals surface area contributed by atoms with Crippen molar-refractivity contribution in [2.75, 3.05) is 0 Å². The quantitative estimate of drug-likeness (QED) is 0.211. The van der Waals surface area contributed by atoms with Crippen molar-refractivity contribution < 1.29 is 9.90 Å². The van der Waals surface area contributed by atoms with Gasteiger partial charge in [0.05, 0.1) is 28.3 Å². The first-order valence-electron chi connectivity index (χ1n) is 13.5. The number of carboxylic acid groups (broad SMARTS) is 1. The summed E-state index contributed by atoms with van der Waals surface area (Å²) < 4.78 is 0. The minimum absolute atomic E-state index is 0.267. The summed E-state index contributed by atoms with van der Waals surface area (Å²) >= 11 is 0. The lowest BCUT2D eigenvalue weighted by atomic mass is 10.0. The Labute approximate surface area is 240 Å². The number of hydrogen-bond donors (Lipinski definition) is 1. The summed E-state index contributed by atoms with van der Waals surface area (Å²) in [7, 11) is 0. The van der Waals surface area contributed by atoms with E-state index in [9.17, 15) is 9.90 Å². The molecule has 0 amide bonds. The molecule has 8 heteroatoms. The zero-order chi connectivity index (χ0) is 28.3. The van der Waals surface area contributed by atoms with E-state index >= 15 is 0 Å². The Morgan fingerprint density at radius 3 is 1.12 bits per heavy atom. The van der Waals surface area contributed by atoms with E-state index in [2.05, 4.69) is 35.8 Å². The molecule has 0 fully saturated rings. The van der Waals surface area contributed by atoms with Gasteiger partial charge in [0.2, 0.25) is 0 Å². The highest BCUT2D eigenvalue weighted by Gasteiger charge is 2.16. The molecule has 0 aliphatic heterocycles. The second-order valence-electron chi connectivity index (χ2n) is 9.92. The fourth-order valence-corrected chi connectivity index (χ4v) is 4.80. The molecule has 0 spiro atoms. The third-order valence-electron chi connectivity index (χ3n) is 6.56. The molecule has 0 saturated heterocycles. The zero-order valence-corrected chi connectivity index (χ0v) is 22.8. The van der Waals surface area contributed by atoms with Crippen molar-refractivity contribution in [3.8, 4) is 0 Å². The number of aromatic carboxylic acids is 1. The highest BCUT2D eigenvalue weighted by atomic mass is 16.4. The van der Waals surface area contributed by atoms with E-state index in [-0.39, 0.29) is 5.56 Å². The largest absolute Gasteiger partial charge is 0.478 e. The van der Waals surface area contributed by atoms with Crippen LogP contribution in [0.15, 0.2) is 116 Å². The van der Waals surface area contributed by atoms with E-state index in [1.807, 2.05) is 72.8 Å². The molecule has 0 unspecified atom stereocenters. The maximum Gasteiger partial charge on any atom is 0.335 e. The van der Waals surface area contributed by atoms with Crippen LogP contribution in [0, 0.1) is 0 Å². The van der Waals surface area contributed by atoms with E-state index in [4.69, 9.17) is 0 Å². The lowest BCUT2D eigenvalue weighted by Crippen LogP contribution is -2.25. The Morgan fingerprint density at radius 1 is 0.512 bits per heavy atom. The molecule has 41 heavy (non-hydrogen) atoms. The molecule has 206 valence electrons. The monoisotopic (exact) mass is 544 g/mol. The van der Waals surface area contributed by atoms with E-state index in [1.54, 1.807) is 36.9 Å². The van der Waals surface area contributed by atoms with Crippen molar-refractivity contribution in [1.82, 2.24) is 29.7 Å². The number of carboxylic acids is 1. The van der Waals surface area contributed by atoms with Crippen molar-refractivity contribution in [3.63, 3.8) is 0 Å². The van der Waals surface area contributed by atoms with Crippen molar-refractivity contribution >= 4 is 5.97 Å². The molecule has 0 radical (unpaired) electrons. The number of benzene rings is 1. The van der Waals surface area contributed by atoms with Gasteiger partial charge in [0.15, 0.2) is 0 Å². The van der Waals surface area contributed by atoms with E-state index in [0.29, 0.717) is 39.3 Å². The molecular formula is C33H32N6O2. The van der Waals surface area contributed by atoms with Gasteiger partial charge in [-0.05, 0) is 71.8 Å². The SMILES string of the molecule is O=C(O)c1cc(CN(Cc2ccccn2)Cc2ccccn2)cc(CN(Cc2ccccn2)Cc2ccccn2)c1. The summed E-state index contributed by atoms with van der Waals surface area (Å²) in [6.45, 7) is 3.51. The van der Waals surface area contributed by atoms with Gasteiger partial charge in [0, 0.05) is 64.1 Å². The number of rotatable bonds is 13. The van der Waals surface area contributed by atoms with Gasteiger partial charge in [0.1, 0.15) is 0 Å². The second kappa shape index (κ2) is 14.0. The van der Waals surface area contributed by atoms with Crippen LogP contribution >= 0.6 is 0 Å². The van der Waals surface area contributed by atoms with Gasteiger partial charge in [-0.15, -0.1) is 0 Å². The first-order valence-corrected chi connectivity index (χ1v) is 13.5. The Bertz CT molecular complexity index is 1330. The van der Waals surface area contributed by atoms with Gasteiger partial charge in [0.25, 0.3) is 0 Å². The maximum absolute atomic E-state index is 12.2. The minimum Gasteiger partial charge on any atom is -0.478 e. The van der Waals surface area contributed by atoms with Crippen LogP contribution < -0.4 is 0 Å². The number of hydrogen-bond acceptors (Lipinski definition) is 7. The normalized spacial score (nSPS) is 11.2. The van der Waals surface area contributed by atoms with Gasteiger partial charge >= 0.3 is 5.97 Å². The van der Waals surface area contributed by atoms with E-state index in [1.165, 1.54) is 0 Å². The summed E-state index contributed by atoms with van der Waals surface area (Å²) in [5, 5.41) is 9.98. The van der Waals surface area contributed by atoms with Crippen molar-refractivity contribution in [3.05, 3.63) is 155 Å². The van der Waals surface area contributed by atoms with Crippen LogP contribution in [0.25, 0.3) is 0 Å². The van der Waals surface area contributed by atoms with Crippen LogP contribution in [0.1, 0.15) is 44.3 Å². The van der Waals surface area contributed by atoms with Crippen molar-refractivity contribution in [2.24, 2.45) is 0 Å². The Hall–Kier alpha value is -4.79. The summed E-state index contributed by atoms with van der Waals surface area (Å²) in [4.78, 5) is 34.7. The molecule has 4 heterocycles. The van der Waals surface area contributed by atoms with Crippen molar-refractivity contribution in [2.45, 2.75) is 39.3 Å². The van der Waals surface area contributed by atoms with Crippen LogP contribution in [0.4, 0.5) is 0 Å². The fraction of sp³-hybridized carbons (Fsp3) is 0.182. The van der Waals surface area contributed by atoms with E-state index < -0.39 is 5.97 Å². The van der Waals surface area contributed by atoms with Gasteiger partial charge in [-0.2, -0.15) is 0 Å². The van der Waals surface area contributed by atoms with Gasteiger partial charge in [-0.1, -0.05) is 30.3 Å². The molecule has 1 aromatic carbocycles. The van der Waals surface area contributed by atoms with Gasteiger partial charge < -0.3 is 5.11 Å². The predicted molar refractivity (Wildman–Crippen MR) is 156 cm³/mol. The molecule has 1 N–H and O–H groups in total. The molecule has 0 aliphatic rings. The minimum atomic E-state index is -0.949. The molecule has 8 nitrogen and oxygen atoms in total. The first kappa shape index (κ1) is 27.8. The second-order valence-corrected chi connectivity index (χ2v) is 9.92. The number of carbonyl (C=O) groups is 1. The standard InChI is InChI=1S/C33H32N6O2/c40-33(41)28-18-26(20-38(22-29-9-1-5-13-34-29)23-30-10-2-6-14-35-30)17-27(19-28)21-39(24-31-11-3-7-15-36-31)25-32-12-4-8-16-37-32/h1-19H,20-25H2,(H,40,41). The summed E-state index contributed by atoms with van der Waals surface area (Å²) in [5.41, 5.74) is 5.86.